The number of thioether (sulfide) groups is 3. The number of unbranched alkanes of at least 4 members (excludes halogenated alkanes) is 1. The molecule has 0 spiro atoms. The molecule has 3 saturated heterocycles. The molecule has 3 heterocycles. The first kappa shape index (κ1) is 65.2. The Hall–Kier alpha value is -6.62. The van der Waals surface area contributed by atoms with E-state index in [1.807, 2.05) is 0 Å². The highest BCUT2D eigenvalue weighted by Crippen LogP contribution is 2.33. The van der Waals surface area contributed by atoms with Gasteiger partial charge in [0.05, 0.1) is 37.3 Å². The number of urea groups is 1. The molecule has 28 heteroatoms. The number of amides is 10. The third kappa shape index (κ3) is 20.1. The molecule has 81 heavy (non-hydrogen) atoms. The number of hydrogen-bond donors (Lipinski definition) is 14. The molecule has 0 radical (unpaired) electrons. The lowest BCUT2D eigenvalue weighted by Crippen LogP contribution is -2.63. The number of aliphatic carboxylic acids is 1. The van der Waals surface area contributed by atoms with Gasteiger partial charge in [-0.3, -0.25) is 47.9 Å². The van der Waals surface area contributed by atoms with Crippen LogP contribution < -0.4 is 53.2 Å². The van der Waals surface area contributed by atoms with Gasteiger partial charge in [-0.15, -0.1) is 0 Å². The van der Waals surface area contributed by atoms with Crippen LogP contribution in [-0.4, -0.2) is 187 Å². The van der Waals surface area contributed by atoms with Crippen LogP contribution in [0.15, 0.2) is 54.6 Å². The predicted octanol–water partition coefficient (Wildman–Crippen LogP) is -1.30. The average molecular weight is 1190 g/mol. The number of carboxylic acids is 1. The van der Waals surface area contributed by atoms with E-state index in [9.17, 15) is 73.2 Å². The first-order chi connectivity index (χ1) is 38.6. The lowest BCUT2D eigenvalue weighted by molar-refractivity contribution is -0.141. The number of phenols is 1. The van der Waals surface area contributed by atoms with E-state index in [2.05, 4.69) is 53.2 Å². The molecule has 0 aromatic heterocycles. The first-order valence-corrected chi connectivity index (χ1v) is 30.1. The Morgan fingerprint density at radius 1 is 0.728 bits per heavy atom. The van der Waals surface area contributed by atoms with Gasteiger partial charge in [0.2, 0.25) is 52.4 Å². The molecule has 444 valence electrons. The van der Waals surface area contributed by atoms with Gasteiger partial charge in [0.25, 0.3) is 0 Å². The second-order valence-corrected chi connectivity index (χ2v) is 23.4. The van der Waals surface area contributed by atoms with Crippen LogP contribution in [0, 0.1) is 5.92 Å². The topological polar surface area (TPSA) is 389 Å². The maximum atomic E-state index is 14.3. The molecule has 2 aromatic carbocycles. The number of carbonyl (C=O) groups is 11. The summed E-state index contributed by atoms with van der Waals surface area (Å²) in [6.45, 7) is 3.54. The SMILES string of the molecule is CC[C@H](C)[C@@H]1NC(=O)[C@H](Cc2ccccc2)NC(=O)[C@H](CC(=O)O)NC(=O)[C@@H](NC(=O)[C@@H](NC(=O)[C@H](CO)NC(=O)[C@H](Cc2ccc(O)cc2)NC(=O)CCCC[C@@H]2SC[C@@H]3NC(=O)N[C@@H]32)[C@@H](C)O)CSC(=O)[C@H](CCSC)NC1=O. The Bertz CT molecular complexity index is 2550. The van der Waals surface area contributed by atoms with Crippen molar-refractivity contribution in [2.45, 2.75) is 150 Å². The van der Waals surface area contributed by atoms with Crippen molar-refractivity contribution < 1.29 is 73.2 Å². The minimum absolute atomic E-state index is 0.0126. The standard InChI is InChI=1S/C53H74N10O15S3/c1-5-27(2)42-50(75)55-32(19-20-79-4)52(77)81-26-38(49(74)57-35(23-41(68)69)46(71)56-34(47(72)61-42)21-29-11-7-6-8-12-29)59-51(76)43(28(3)65)62-48(73)36(24-64)58-45(70)33(22-30-15-17-31(66)18-16-30)54-40(67)14-10-9-13-39-44-37(25-80-39)60-53(78)63-44/h6-8,11-12,15-18,27-28,32-39,42-44,64-66H,5,9-10,13-14,19-26H2,1-4H3,(H,54,67)(H,55,75)(H,56,71)(H,57,74)(H,58,70)(H,59,76)(H,61,72)(H,62,73)(H,68,69)(H2,60,63,78)/t27-,28+,32-,33-,34-,35-,36-,37-,38-,39-,42-,43-,44-/m0/s1. The summed E-state index contributed by atoms with van der Waals surface area (Å²) in [7, 11) is 0. The lowest BCUT2D eigenvalue weighted by atomic mass is 9.96. The van der Waals surface area contributed by atoms with Gasteiger partial charge in [0.1, 0.15) is 48.0 Å². The van der Waals surface area contributed by atoms with Gasteiger partial charge in [0, 0.05) is 36.0 Å². The molecule has 3 aliphatic heterocycles. The largest absolute Gasteiger partial charge is 0.508 e. The molecule has 3 aliphatic rings. The van der Waals surface area contributed by atoms with E-state index in [4.69, 9.17) is 0 Å². The number of carbonyl (C=O) groups excluding carboxylic acids is 10. The Morgan fingerprint density at radius 3 is 2.05 bits per heavy atom. The monoisotopic (exact) mass is 1190 g/mol. The average Bonchev–Trinajstić information content (AvgIpc) is 4.09. The third-order valence-corrected chi connectivity index (χ3v) is 17.2. The van der Waals surface area contributed by atoms with E-state index in [1.165, 1.54) is 36.0 Å². The van der Waals surface area contributed by atoms with Gasteiger partial charge < -0.3 is 73.6 Å². The summed E-state index contributed by atoms with van der Waals surface area (Å²) in [5, 5.41) is 66.4. The number of nitrogens with one attached hydrogen (secondary N) is 10. The molecule has 3 fully saturated rings. The van der Waals surface area contributed by atoms with E-state index in [-0.39, 0.29) is 54.8 Å². The van der Waals surface area contributed by atoms with Crippen molar-refractivity contribution in [1.29, 1.82) is 0 Å². The van der Waals surface area contributed by atoms with Gasteiger partial charge in [-0.05, 0) is 67.4 Å². The minimum Gasteiger partial charge on any atom is -0.508 e. The normalized spacial score (nSPS) is 24.4. The van der Waals surface area contributed by atoms with Crippen molar-refractivity contribution >= 4 is 99.7 Å². The number of hydrogen-bond acceptors (Lipinski definition) is 17. The van der Waals surface area contributed by atoms with Crippen LogP contribution in [0.4, 0.5) is 4.79 Å². The number of carboxylic acid groups (broad SMARTS) is 1. The number of phenolic OH excluding ortho intramolecular Hbond substituents is 1. The highest BCUT2D eigenvalue weighted by Gasteiger charge is 2.43. The van der Waals surface area contributed by atoms with Crippen LogP contribution in [0.3, 0.4) is 0 Å². The van der Waals surface area contributed by atoms with Crippen LogP contribution >= 0.6 is 35.3 Å². The minimum atomic E-state index is -1.94. The molecule has 2 aromatic rings. The number of aromatic hydroxyl groups is 1. The molecule has 13 atom stereocenters. The van der Waals surface area contributed by atoms with Crippen molar-refractivity contribution in [1.82, 2.24) is 53.2 Å². The maximum absolute atomic E-state index is 14.3. The molecule has 14 N–H and O–H groups in total. The first-order valence-electron chi connectivity index (χ1n) is 26.7. The van der Waals surface area contributed by atoms with E-state index < -0.39 is 137 Å². The molecule has 10 amide bonds. The Kier molecular flexibility index (Phi) is 25.9. The summed E-state index contributed by atoms with van der Waals surface area (Å²) in [4.78, 5) is 150. The Balaban J connectivity index is 1.34. The molecule has 0 bridgehead atoms. The van der Waals surface area contributed by atoms with E-state index >= 15 is 0 Å². The fraction of sp³-hybridized carbons (Fsp3) is 0.566. The lowest BCUT2D eigenvalue weighted by Gasteiger charge is -2.30. The Morgan fingerprint density at radius 2 is 1.40 bits per heavy atom. The van der Waals surface area contributed by atoms with Crippen LogP contribution in [0.5, 0.6) is 5.75 Å². The van der Waals surface area contributed by atoms with Crippen molar-refractivity contribution in [3.05, 3.63) is 65.7 Å². The Labute approximate surface area is 481 Å². The molecular weight excluding hydrogens is 1110 g/mol. The van der Waals surface area contributed by atoms with E-state index in [1.54, 1.807) is 62.2 Å². The predicted molar refractivity (Wildman–Crippen MR) is 302 cm³/mol. The zero-order chi connectivity index (χ0) is 59.3. The van der Waals surface area contributed by atoms with E-state index in [0.29, 0.717) is 47.9 Å². The fourth-order valence-corrected chi connectivity index (χ4v) is 12.1. The molecule has 5 rings (SSSR count). The zero-order valence-electron chi connectivity index (χ0n) is 45.4. The van der Waals surface area contributed by atoms with Crippen LogP contribution in [0.25, 0.3) is 0 Å². The van der Waals surface area contributed by atoms with Crippen LogP contribution in [-0.2, 0) is 60.8 Å². The molecular formula is C53H74N10O15S3. The van der Waals surface area contributed by atoms with Gasteiger partial charge in [0.15, 0.2) is 0 Å². The molecule has 0 saturated carbocycles. The van der Waals surface area contributed by atoms with Crippen molar-refractivity contribution in [3.8, 4) is 5.75 Å². The number of benzene rings is 2. The number of aliphatic hydroxyl groups is 2. The van der Waals surface area contributed by atoms with Crippen molar-refractivity contribution in [2.75, 3.05) is 30.1 Å². The summed E-state index contributed by atoms with van der Waals surface area (Å²) in [5.74, 6) is -9.32. The highest BCUT2D eigenvalue weighted by molar-refractivity contribution is 8.13. The fourth-order valence-electron chi connectivity index (χ4n) is 9.14. The van der Waals surface area contributed by atoms with Gasteiger partial charge in [-0.1, -0.05) is 80.9 Å². The molecule has 0 unspecified atom stereocenters. The van der Waals surface area contributed by atoms with Crippen molar-refractivity contribution in [2.24, 2.45) is 5.92 Å². The summed E-state index contributed by atoms with van der Waals surface area (Å²) in [6, 6.07) is 1.42. The number of fused-ring (bicyclic) bond motifs is 1. The summed E-state index contributed by atoms with van der Waals surface area (Å²) < 4.78 is 0. The highest BCUT2D eigenvalue weighted by atomic mass is 32.2. The van der Waals surface area contributed by atoms with Gasteiger partial charge >= 0.3 is 12.0 Å². The van der Waals surface area contributed by atoms with Gasteiger partial charge in [-0.25, -0.2) is 4.79 Å². The molecule has 25 nitrogen and oxygen atoms in total. The summed E-state index contributed by atoms with van der Waals surface area (Å²) >= 11 is 3.60. The summed E-state index contributed by atoms with van der Waals surface area (Å²) in [5.41, 5.74) is 1.07. The molecule has 0 aliphatic carbocycles. The van der Waals surface area contributed by atoms with Gasteiger partial charge in [-0.2, -0.15) is 23.5 Å². The second-order valence-electron chi connectivity index (χ2n) is 20.1. The van der Waals surface area contributed by atoms with Crippen LogP contribution in [0.1, 0.15) is 76.8 Å². The third-order valence-electron chi connectivity index (χ3n) is 13.9. The van der Waals surface area contributed by atoms with Crippen molar-refractivity contribution in [3.63, 3.8) is 0 Å². The zero-order valence-corrected chi connectivity index (χ0v) is 47.8. The van der Waals surface area contributed by atoms with Crippen LogP contribution in [0.2, 0.25) is 0 Å². The number of aliphatic hydroxyl groups excluding tert-OH is 2. The van der Waals surface area contributed by atoms with E-state index in [0.717, 1.165) is 19.1 Å². The second kappa shape index (κ2) is 32.1. The number of rotatable bonds is 25. The smallest absolute Gasteiger partial charge is 0.315 e. The summed E-state index contributed by atoms with van der Waals surface area (Å²) in [6.07, 6.45) is 1.07. The maximum Gasteiger partial charge on any atom is 0.315 e. The quantitative estimate of drug-likeness (QED) is 0.0406.